The fraction of sp³-hybridized carbons (Fsp3) is 0.391. The number of hydrogen-bond donors (Lipinski definition) is 2. The fourth-order valence-corrected chi connectivity index (χ4v) is 3.90. The molecule has 1 aliphatic heterocycles. The molecule has 1 saturated heterocycles. The second-order valence-corrected chi connectivity index (χ2v) is 7.70. The maximum Gasteiger partial charge on any atom is 0.330 e. The summed E-state index contributed by atoms with van der Waals surface area (Å²) in [6, 6.07) is 14.4. The van der Waals surface area contributed by atoms with Gasteiger partial charge in [0, 0.05) is 19.5 Å². The first-order valence-electron chi connectivity index (χ1n) is 10.0. The van der Waals surface area contributed by atoms with Crippen molar-refractivity contribution in [1.29, 1.82) is 0 Å². The number of nitrogens with one attached hydrogen (secondary N) is 1. The summed E-state index contributed by atoms with van der Waals surface area (Å²) in [6.07, 6.45) is 1.47. The Kier molecular flexibility index (Phi) is 7.05. The van der Waals surface area contributed by atoms with E-state index in [0.29, 0.717) is 31.4 Å². The van der Waals surface area contributed by atoms with E-state index in [4.69, 9.17) is 4.74 Å². The lowest BCUT2D eigenvalue weighted by atomic mass is 9.88. The van der Waals surface area contributed by atoms with Crippen LogP contribution in [0.3, 0.4) is 0 Å². The van der Waals surface area contributed by atoms with Crippen LogP contribution in [0.1, 0.15) is 30.4 Å². The zero-order valence-electron chi connectivity index (χ0n) is 17.1. The van der Waals surface area contributed by atoms with Gasteiger partial charge in [0.1, 0.15) is 0 Å². The number of aliphatic carboxylic acids is 1. The Morgan fingerprint density at radius 1 is 1.20 bits per heavy atom. The number of halogens is 1. The van der Waals surface area contributed by atoms with Gasteiger partial charge in [-0.15, -0.1) is 0 Å². The van der Waals surface area contributed by atoms with Gasteiger partial charge in [-0.2, -0.15) is 0 Å². The molecule has 1 atom stereocenters. The minimum Gasteiger partial charge on any atom is -0.494 e. The van der Waals surface area contributed by atoms with Gasteiger partial charge >= 0.3 is 5.97 Å². The molecule has 1 heterocycles. The normalized spacial score (nSPS) is 19.3. The minimum absolute atomic E-state index is 0.0828. The molecule has 160 valence electrons. The van der Waals surface area contributed by atoms with Crippen LogP contribution in [0.25, 0.3) is 0 Å². The van der Waals surface area contributed by atoms with E-state index in [0.717, 1.165) is 12.1 Å². The number of rotatable bonds is 8. The average Bonchev–Trinajstić information content (AvgIpc) is 2.73. The van der Waals surface area contributed by atoms with Gasteiger partial charge in [-0.3, -0.25) is 9.69 Å². The molecule has 1 fully saturated rings. The van der Waals surface area contributed by atoms with Crippen molar-refractivity contribution in [2.75, 3.05) is 20.2 Å². The summed E-state index contributed by atoms with van der Waals surface area (Å²) >= 11 is 0. The Morgan fingerprint density at radius 2 is 1.97 bits per heavy atom. The van der Waals surface area contributed by atoms with E-state index in [1.165, 1.54) is 19.2 Å². The number of benzene rings is 2. The second-order valence-electron chi connectivity index (χ2n) is 7.70. The molecule has 2 aromatic carbocycles. The Bertz CT molecular complexity index is 890. The summed E-state index contributed by atoms with van der Waals surface area (Å²) in [6.45, 7) is 1.67. The number of carboxylic acid groups (broad SMARTS) is 1. The fourth-order valence-electron chi connectivity index (χ4n) is 3.90. The maximum atomic E-state index is 13.8. The monoisotopic (exact) mass is 414 g/mol. The second kappa shape index (κ2) is 9.71. The molecule has 1 amide bonds. The van der Waals surface area contributed by atoms with E-state index in [9.17, 15) is 19.1 Å². The number of ether oxygens (including phenoxy) is 1. The molecule has 6 nitrogen and oxygen atoms in total. The van der Waals surface area contributed by atoms with E-state index in [-0.39, 0.29) is 24.6 Å². The summed E-state index contributed by atoms with van der Waals surface area (Å²) in [5, 5.41) is 12.7. The van der Waals surface area contributed by atoms with Crippen molar-refractivity contribution in [3.63, 3.8) is 0 Å². The number of amides is 1. The first kappa shape index (κ1) is 21.8. The first-order valence-corrected chi connectivity index (χ1v) is 10.0. The molecule has 0 saturated carbocycles. The van der Waals surface area contributed by atoms with Crippen molar-refractivity contribution in [2.45, 2.75) is 37.8 Å². The van der Waals surface area contributed by atoms with Crippen LogP contribution in [-0.4, -0.2) is 47.6 Å². The van der Waals surface area contributed by atoms with Crippen molar-refractivity contribution in [3.05, 3.63) is 65.5 Å². The third kappa shape index (κ3) is 5.36. The average molecular weight is 414 g/mol. The van der Waals surface area contributed by atoms with Gasteiger partial charge in [0.05, 0.1) is 7.11 Å². The molecule has 0 bridgehead atoms. The van der Waals surface area contributed by atoms with Crippen LogP contribution < -0.4 is 10.1 Å². The minimum atomic E-state index is -1.31. The number of carboxylic acids is 1. The molecule has 30 heavy (non-hydrogen) atoms. The number of likely N-dealkylation sites (tertiary alicyclic amines) is 1. The quantitative estimate of drug-likeness (QED) is 0.694. The van der Waals surface area contributed by atoms with Crippen LogP contribution in [0, 0.1) is 5.82 Å². The number of aryl methyl sites for hydroxylation is 1. The third-order valence-electron chi connectivity index (χ3n) is 5.47. The third-order valence-corrected chi connectivity index (χ3v) is 5.47. The number of methoxy groups -OCH3 is 1. The predicted molar refractivity (Wildman–Crippen MR) is 111 cm³/mol. The first-order chi connectivity index (χ1) is 14.4. The zero-order chi connectivity index (χ0) is 21.6. The molecule has 2 N–H and O–H groups in total. The van der Waals surface area contributed by atoms with E-state index in [1.807, 2.05) is 30.3 Å². The lowest BCUT2D eigenvalue weighted by Crippen LogP contribution is -2.63. The van der Waals surface area contributed by atoms with Crippen LogP contribution in [0.4, 0.5) is 4.39 Å². The Labute approximate surface area is 175 Å². The number of nitrogens with zero attached hydrogens (tertiary/aromatic N) is 1. The van der Waals surface area contributed by atoms with E-state index in [1.54, 1.807) is 6.07 Å². The largest absolute Gasteiger partial charge is 0.494 e. The van der Waals surface area contributed by atoms with Crippen molar-refractivity contribution in [2.24, 2.45) is 0 Å². The Morgan fingerprint density at radius 3 is 2.63 bits per heavy atom. The van der Waals surface area contributed by atoms with Gasteiger partial charge in [0.2, 0.25) is 5.91 Å². The molecule has 0 radical (unpaired) electrons. The summed E-state index contributed by atoms with van der Waals surface area (Å²) in [7, 11) is 1.39. The van der Waals surface area contributed by atoms with Crippen LogP contribution in [-0.2, 0) is 22.6 Å². The van der Waals surface area contributed by atoms with Crippen LogP contribution in [0.2, 0.25) is 0 Å². The van der Waals surface area contributed by atoms with Crippen LogP contribution in [0.5, 0.6) is 5.75 Å². The summed E-state index contributed by atoms with van der Waals surface area (Å²) in [5.74, 6) is -1.71. The molecule has 2 aromatic rings. The van der Waals surface area contributed by atoms with E-state index >= 15 is 0 Å². The summed E-state index contributed by atoms with van der Waals surface area (Å²) < 4.78 is 18.7. The number of carbonyl (C=O) groups excluding carboxylic acids is 1. The lowest BCUT2D eigenvalue weighted by Gasteiger charge is -2.40. The number of piperidine rings is 1. The smallest absolute Gasteiger partial charge is 0.330 e. The molecular weight excluding hydrogens is 387 g/mol. The van der Waals surface area contributed by atoms with E-state index in [2.05, 4.69) is 10.2 Å². The van der Waals surface area contributed by atoms with E-state index < -0.39 is 17.3 Å². The SMILES string of the molecule is COc1ccc(CCC(=O)N[C@]2(C(=O)O)CCCN(Cc3ccccc3)C2)cc1F. The molecule has 0 spiro atoms. The van der Waals surface area contributed by atoms with Crippen LogP contribution in [0.15, 0.2) is 48.5 Å². The van der Waals surface area contributed by atoms with Crippen molar-refractivity contribution < 1.29 is 23.8 Å². The standard InChI is InChI=1S/C23H27FN2O4/c1-30-20-10-8-17(14-19(20)24)9-11-21(27)25-23(22(28)29)12-5-13-26(16-23)15-18-6-3-2-4-7-18/h2-4,6-8,10,14H,5,9,11-13,15-16H2,1H3,(H,25,27)(H,28,29)/t23-/m1/s1. The predicted octanol–water partition coefficient (Wildman–Crippen LogP) is 3.00. The molecule has 0 unspecified atom stereocenters. The molecule has 0 aromatic heterocycles. The molecular formula is C23H27FN2O4. The van der Waals surface area contributed by atoms with Crippen molar-refractivity contribution in [3.8, 4) is 5.75 Å². The highest BCUT2D eigenvalue weighted by molar-refractivity contribution is 5.87. The maximum absolute atomic E-state index is 13.8. The summed E-state index contributed by atoms with van der Waals surface area (Å²) in [5.41, 5.74) is 0.448. The van der Waals surface area contributed by atoms with Crippen LogP contribution >= 0.6 is 0 Å². The molecule has 1 aliphatic rings. The summed E-state index contributed by atoms with van der Waals surface area (Å²) in [4.78, 5) is 26.7. The topological polar surface area (TPSA) is 78.9 Å². The van der Waals surface area contributed by atoms with Crippen molar-refractivity contribution >= 4 is 11.9 Å². The van der Waals surface area contributed by atoms with Gasteiger partial charge in [0.15, 0.2) is 17.1 Å². The highest BCUT2D eigenvalue weighted by Crippen LogP contribution is 2.24. The zero-order valence-corrected chi connectivity index (χ0v) is 17.1. The van der Waals surface area contributed by atoms with Gasteiger partial charge in [-0.1, -0.05) is 36.4 Å². The number of carbonyl (C=O) groups is 2. The highest BCUT2D eigenvalue weighted by Gasteiger charge is 2.43. The van der Waals surface area contributed by atoms with Gasteiger partial charge < -0.3 is 15.2 Å². The van der Waals surface area contributed by atoms with Gasteiger partial charge in [-0.05, 0) is 49.1 Å². The molecule has 3 rings (SSSR count). The lowest BCUT2D eigenvalue weighted by molar-refractivity contribution is -0.150. The number of hydrogen-bond acceptors (Lipinski definition) is 4. The highest BCUT2D eigenvalue weighted by atomic mass is 19.1. The van der Waals surface area contributed by atoms with Crippen molar-refractivity contribution in [1.82, 2.24) is 10.2 Å². The molecule has 7 heteroatoms. The molecule has 0 aliphatic carbocycles. The van der Waals surface area contributed by atoms with Gasteiger partial charge in [-0.25, -0.2) is 9.18 Å². The van der Waals surface area contributed by atoms with Gasteiger partial charge in [0.25, 0.3) is 0 Å². The Hall–Kier alpha value is -2.93. The Balaban J connectivity index is 1.61.